The highest BCUT2D eigenvalue weighted by Gasteiger charge is 2.59. The Morgan fingerprint density at radius 2 is 1.89 bits per heavy atom. The van der Waals surface area contributed by atoms with Crippen molar-refractivity contribution in [3.05, 3.63) is 89.0 Å². The van der Waals surface area contributed by atoms with E-state index in [9.17, 15) is 9.90 Å². The molecule has 0 aliphatic carbocycles. The number of para-hydroxylation sites is 2. The molecule has 1 spiro atoms. The number of aromatic nitrogens is 1. The lowest BCUT2D eigenvalue weighted by Gasteiger charge is -2.40. The number of anilines is 2. The number of amides is 1. The highest BCUT2D eigenvalue weighted by molar-refractivity contribution is 8.02. The first-order chi connectivity index (χ1) is 17.0. The topological polar surface area (TPSA) is 69.0 Å². The van der Waals surface area contributed by atoms with Crippen molar-refractivity contribution in [2.75, 3.05) is 15.7 Å². The van der Waals surface area contributed by atoms with Crippen LogP contribution >= 0.6 is 34.7 Å². The number of thiazole rings is 1. The molecule has 9 heteroatoms. The number of rotatable bonds is 3. The van der Waals surface area contributed by atoms with Gasteiger partial charge in [-0.2, -0.15) is 5.10 Å². The monoisotopic (exact) mass is 518 g/mol. The molecule has 0 radical (unpaired) electrons. The van der Waals surface area contributed by atoms with E-state index in [2.05, 4.69) is 0 Å². The second kappa shape index (κ2) is 8.41. The number of fused-ring (bicyclic) bond motifs is 1. The molecule has 4 aromatic rings. The quantitative estimate of drug-likeness (QED) is 0.341. The molecule has 1 N–H and O–H groups in total. The van der Waals surface area contributed by atoms with Crippen molar-refractivity contribution in [3.63, 3.8) is 0 Å². The van der Waals surface area contributed by atoms with Crippen LogP contribution in [-0.2, 0) is 4.79 Å². The minimum absolute atomic E-state index is 0.0610. The lowest BCUT2D eigenvalue weighted by atomic mass is 10.0. The Kier molecular flexibility index (Phi) is 5.32. The third kappa shape index (κ3) is 3.52. The SMILES string of the molecule is CC1=NN(c2cccc(Cl)c2)C2(SCC(=O)N2c2nc3ccccc3s2)/C1=C/c1ccccc1O. The Hall–Kier alpha value is -3.33. The maximum Gasteiger partial charge on any atom is 0.241 e. The second-order valence-corrected chi connectivity index (χ2v) is 10.8. The van der Waals surface area contributed by atoms with E-state index in [1.807, 2.05) is 72.6 Å². The van der Waals surface area contributed by atoms with Gasteiger partial charge in [0.05, 0.1) is 27.4 Å². The second-order valence-electron chi connectivity index (χ2n) is 8.18. The number of phenolic OH excluding ortho intramolecular Hbond substituents is 1. The largest absolute Gasteiger partial charge is 0.507 e. The van der Waals surface area contributed by atoms with Gasteiger partial charge in [-0.25, -0.2) is 14.9 Å². The molecule has 174 valence electrons. The third-order valence-electron chi connectivity index (χ3n) is 5.99. The van der Waals surface area contributed by atoms with E-state index in [0.29, 0.717) is 15.7 Å². The summed E-state index contributed by atoms with van der Waals surface area (Å²) < 4.78 is 0.999. The normalized spacial score (nSPS) is 21.0. The zero-order chi connectivity index (χ0) is 24.2. The van der Waals surface area contributed by atoms with Crippen LogP contribution in [-0.4, -0.2) is 32.5 Å². The van der Waals surface area contributed by atoms with E-state index >= 15 is 0 Å². The number of carbonyl (C=O) groups is 1. The zero-order valence-corrected chi connectivity index (χ0v) is 20.9. The number of hydrogen-bond donors (Lipinski definition) is 1. The molecular weight excluding hydrogens is 500 g/mol. The lowest BCUT2D eigenvalue weighted by Crippen LogP contribution is -2.54. The molecule has 1 saturated heterocycles. The standard InChI is InChI=1S/C26H19ClN4O2S2/c1-16-20(13-17-7-2-4-11-22(17)32)26(31(29-16)19-9-6-8-18(27)14-19)30(24(33)15-34-26)25-28-21-10-3-5-12-23(21)35-25/h2-14,32H,15H2,1H3/b20-13+. The average molecular weight is 519 g/mol. The number of aromatic hydroxyl groups is 1. The van der Waals surface area contributed by atoms with Gasteiger partial charge >= 0.3 is 0 Å². The molecule has 1 unspecified atom stereocenters. The van der Waals surface area contributed by atoms with Gasteiger partial charge < -0.3 is 5.11 Å². The van der Waals surface area contributed by atoms with Crippen LogP contribution in [0.4, 0.5) is 10.8 Å². The van der Waals surface area contributed by atoms with Crippen LogP contribution < -0.4 is 9.91 Å². The number of carbonyl (C=O) groups excluding carboxylic acids is 1. The molecule has 6 rings (SSSR count). The third-order valence-corrected chi connectivity index (χ3v) is 8.62. The highest BCUT2D eigenvalue weighted by Crippen LogP contribution is 2.54. The summed E-state index contributed by atoms with van der Waals surface area (Å²) in [7, 11) is 0. The Morgan fingerprint density at radius 1 is 1.09 bits per heavy atom. The van der Waals surface area contributed by atoms with E-state index in [1.54, 1.807) is 23.1 Å². The fraction of sp³-hybridized carbons (Fsp3) is 0.115. The molecule has 0 saturated carbocycles. The molecule has 1 atom stereocenters. The number of thioether (sulfide) groups is 1. The van der Waals surface area contributed by atoms with Gasteiger partial charge in [0.15, 0.2) is 5.13 Å². The minimum Gasteiger partial charge on any atom is -0.507 e. The fourth-order valence-electron chi connectivity index (χ4n) is 4.43. The van der Waals surface area contributed by atoms with E-state index < -0.39 is 4.99 Å². The van der Waals surface area contributed by atoms with Crippen LogP contribution in [0, 0.1) is 0 Å². The molecule has 1 amide bonds. The molecule has 2 aliphatic heterocycles. The molecule has 1 aromatic heterocycles. The molecular formula is C26H19ClN4O2S2. The molecule has 3 heterocycles. The summed E-state index contributed by atoms with van der Waals surface area (Å²) in [6, 6.07) is 22.4. The van der Waals surface area contributed by atoms with Crippen molar-refractivity contribution in [2.24, 2.45) is 5.10 Å². The first kappa shape index (κ1) is 22.2. The van der Waals surface area contributed by atoms with E-state index in [-0.39, 0.29) is 17.4 Å². The lowest BCUT2D eigenvalue weighted by molar-refractivity contribution is -0.116. The first-order valence-electron chi connectivity index (χ1n) is 10.9. The van der Waals surface area contributed by atoms with Crippen molar-refractivity contribution in [2.45, 2.75) is 11.9 Å². The van der Waals surface area contributed by atoms with Gasteiger partial charge in [-0.05, 0) is 49.4 Å². The average Bonchev–Trinajstić information content (AvgIpc) is 3.50. The predicted octanol–water partition coefficient (Wildman–Crippen LogP) is 6.37. The van der Waals surface area contributed by atoms with Crippen molar-refractivity contribution in [1.29, 1.82) is 0 Å². The smallest absolute Gasteiger partial charge is 0.241 e. The van der Waals surface area contributed by atoms with Gasteiger partial charge in [0.1, 0.15) is 5.75 Å². The Morgan fingerprint density at radius 3 is 2.69 bits per heavy atom. The molecule has 6 nitrogen and oxygen atoms in total. The minimum atomic E-state index is -1.03. The maximum atomic E-state index is 13.5. The van der Waals surface area contributed by atoms with Gasteiger partial charge in [-0.3, -0.25) is 4.79 Å². The number of hydrogen-bond acceptors (Lipinski definition) is 7. The number of phenols is 1. The summed E-state index contributed by atoms with van der Waals surface area (Å²) in [6.45, 7) is 1.91. The molecule has 3 aromatic carbocycles. The Bertz CT molecular complexity index is 1520. The first-order valence-corrected chi connectivity index (χ1v) is 13.1. The highest BCUT2D eigenvalue weighted by atomic mass is 35.5. The van der Waals surface area contributed by atoms with E-state index in [1.165, 1.54) is 23.1 Å². The predicted molar refractivity (Wildman–Crippen MR) is 145 cm³/mol. The fourth-order valence-corrected chi connectivity index (χ4v) is 7.11. The Labute approximate surface area is 215 Å². The van der Waals surface area contributed by atoms with Gasteiger partial charge in [-0.15, -0.1) is 0 Å². The van der Waals surface area contributed by atoms with E-state index in [4.69, 9.17) is 21.7 Å². The van der Waals surface area contributed by atoms with Crippen LogP contribution in [0.3, 0.4) is 0 Å². The summed E-state index contributed by atoms with van der Waals surface area (Å²) in [5.41, 5.74) is 3.78. The van der Waals surface area contributed by atoms with Crippen LogP contribution in [0.5, 0.6) is 5.75 Å². The number of hydrazone groups is 1. The Balaban J connectivity index is 1.61. The maximum absolute atomic E-state index is 13.5. The van der Waals surface area contributed by atoms with Crippen LogP contribution in [0.1, 0.15) is 12.5 Å². The van der Waals surface area contributed by atoms with Gasteiger partial charge in [0.25, 0.3) is 0 Å². The van der Waals surface area contributed by atoms with Gasteiger partial charge in [0.2, 0.25) is 10.9 Å². The van der Waals surface area contributed by atoms with Crippen molar-refractivity contribution in [1.82, 2.24) is 4.98 Å². The summed E-state index contributed by atoms with van der Waals surface area (Å²) in [5, 5.41) is 18.5. The molecule has 2 aliphatic rings. The van der Waals surface area contributed by atoms with Gasteiger partial charge in [0, 0.05) is 16.2 Å². The summed E-state index contributed by atoms with van der Waals surface area (Å²) in [4.78, 5) is 19.1. The number of benzene rings is 3. The van der Waals surface area contributed by atoms with Crippen LogP contribution in [0.15, 0.2) is 83.5 Å². The summed E-state index contributed by atoms with van der Waals surface area (Å²) in [6.07, 6.45) is 1.91. The summed E-state index contributed by atoms with van der Waals surface area (Å²) in [5.74, 6) is 0.354. The molecule has 1 fully saturated rings. The van der Waals surface area contributed by atoms with Crippen molar-refractivity contribution < 1.29 is 9.90 Å². The summed E-state index contributed by atoms with van der Waals surface area (Å²) >= 11 is 9.31. The van der Waals surface area contributed by atoms with E-state index in [0.717, 1.165) is 27.2 Å². The van der Waals surface area contributed by atoms with Crippen LogP contribution in [0.2, 0.25) is 5.02 Å². The molecule has 35 heavy (non-hydrogen) atoms. The van der Waals surface area contributed by atoms with Crippen LogP contribution in [0.25, 0.3) is 16.3 Å². The van der Waals surface area contributed by atoms with Crippen molar-refractivity contribution >= 4 is 73.4 Å². The molecule has 0 bridgehead atoms. The number of nitrogens with zero attached hydrogens (tertiary/aromatic N) is 4. The zero-order valence-electron chi connectivity index (χ0n) is 18.6. The van der Waals surface area contributed by atoms with Crippen molar-refractivity contribution in [3.8, 4) is 5.75 Å². The number of halogens is 1. The van der Waals surface area contributed by atoms with Gasteiger partial charge in [-0.1, -0.05) is 71.1 Å².